The summed E-state index contributed by atoms with van der Waals surface area (Å²) in [4.78, 5) is 24.3. The second-order valence-electron chi connectivity index (χ2n) is 9.27. The van der Waals surface area contributed by atoms with Crippen LogP contribution in [0.15, 0.2) is 29.8 Å². The van der Waals surface area contributed by atoms with Crippen LogP contribution in [0.25, 0.3) is 16.8 Å². The van der Waals surface area contributed by atoms with Gasteiger partial charge < -0.3 is 24.8 Å². The first-order chi connectivity index (χ1) is 16.6. The lowest BCUT2D eigenvalue weighted by molar-refractivity contribution is -0.117. The number of benzene rings is 2. The molecule has 2 amide bonds. The predicted molar refractivity (Wildman–Crippen MR) is 141 cm³/mol. The molecule has 0 aromatic heterocycles. The van der Waals surface area contributed by atoms with Crippen molar-refractivity contribution in [2.45, 2.75) is 59.0 Å². The van der Waals surface area contributed by atoms with E-state index in [4.69, 9.17) is 25.8 Å². The van der Waals surface area contributed by atoms with Gasteiger partial charge in [-0.2, -0.15) is 0 Å². The fourth-order valence-electron chi connectivity index (χ4n) is 3.64. The molecule has 0 heterocycles. The molecular formula is C27H37ClN2O5. The molecule has 0 saturated heterocycles. The normalized spacial score (nSPS) is 11.8. The van der Waals surface area contributed by atoms with E-state index in [1.165, 1.54) is 0 Å². The maximum Gasteiger partial charge on any atom is 0.407 e. The van der Waals surface area contributed by atoms with Crippen LogP contribution in [0.5, 0.6) is 11.5 Å². The Morgan fingerprint density at radius 2 is 1.46 bits per heavy atom. The highest BCUT2D eigenvalue weighted by Gasteiger charge is 2.19. The number of unbranched alkanes of at least 4 members (excludes halogenated alkanes) is 3. The van der Waals surface area contributed by atoms with Crippen molar-refractivity contribution < 1.29 is 23.8 Å². The SMILES string of the molecule is COc1c(Cl)c(/C=C(/C)C(=O)NCCCCCCNC(=O)OC(C)(C)C)c(OC)c2ccccc12. The second-order valence-corrected chi connectivity index (χ2v) is 9.64. The average molecular weight is 505 g/mol. The van der Waals surface area contributed by atoms with Gasteiger partial charge in [0.25, 0.3) is 0 Å². The van der Waals surface area contributed by atoms with Crippen molar-refractivity contribution in [2.24, 2.45) is 0 Å². The van der Waals surface area contributed by atoms with Gasteiger partial charge in [0.15, 0.2) is 0 Å². The number of rotatable bonds is 11. The molecule has 7 nitrogen and oxygen atoms in total. The molecule has 2 N–H and O–H groups in total. The van der Waals surface area contributed by atoms with E-state index in [0.29, 0.717) is 40.7 Å². The highest BCUT2D eigenvalue weighted by atomic mass is 35.5. The number of carbonyl (C=O) groups excluding carboxylic acids is 2. The van der Waals surface area contributed by atoms with E-state index < -0.39 is 11.7 Å². The number of fused-ring (bicyclic) bond motifs is 1. The van der Waals surface area contributed by atoms with Gasteiger partial charge in [0, 0.05) is 35.0 Å². The van der Waals surface area contributed by atoms with Crippen LogP contribution in [-0.4, -0.2) is 44.9 Å². The number of nitrogens with one attached hydrogen (secondary N) is 2. The van der Waals surface area contributed by atoms with Gasteiger partial charge in [-0.15, -0.1) is 0 Å². The number of methoxy groups -OCH3 is 2. The fourth-order valence-corrected chi connectivity index (χ4v) is 3.96. The lowest BCUT2D eigenvalue weighted by Gasteiger charge is -2.19. The van der Waals surface area contributed by atoms with Crippen molar-refractivity contribution in [3.8, 4) is 11.5 Å². The van der Waals surface area contributed by atoms with Crippen LogP contribution in [0.2, 0.25) is 5.02 Å². The minimum atomic E-state index is -0.494. The minimum Gasteiger partial charge on any atom is -0.495 e. The van der Waals surface area contributed by atoms with Gasteiger partial charge in [-0.25, -0.2) is 4.79 Å². The highest BCUT2D eigenvalue weighted by molar-refractivity contribution is 6.35. The molecule has 0 aliphatic heterocycles. The summed E-state index contributed by atoms with van der Waals surface area (Å²) in [5.74, 6) is 0.976. The van der Waals surface area contributed by atoms with Crippen LogP contribution >= 0.6 is 11.6 Å². The number of halogens is 1. The highest BCUT2D eigenvalue weighted by Crippen LogP contribution is 2.44. The van der Waals surface area contributed by atoms with E-state index in [9.17, 15) is 9.59 Å². The van der Waals surface area contributed by atoms with Gasteiger partial charge in [-0.05, 0) is 46.6 Å². The molecule has 0 unspecified atom stereocenters. The Morgan fingerprint density at radius 3 is 2.00 bits per heavy atom. The van der Waals surface area contributed by atoms with Gasteiger partial charge in [-0.1, -0.05) is 48.7 Å². The Bertz CT molecular complexity index is 1060. The molecule has 0 saturated carbocycles. The number of hydrogen-bond acceptors (Lipinski definition) is 5. The number of alkyl carbamates (subject to hydrolysis) is 1. The smallest absolute Gasteiger partial charge is 0.407 e. The monoisotopic (exact) mass is 504 g/mol. The van der Waals surface area contributed by atoms with Crippen molar-refractivity contribution >= 4 is 40.4 Å². The second kappa shape index (κ2) is 13.2. The molecule has 2 aromatic rings. The molecule has 0 radical (unpaired) electrons. The third-order valence-electron chi connectivity index (χ3n) is 5.28. The molecule has 35 heavy (non-hydrogen) atoms. The number of ether oxygens (including phenoxy) is 3. The Kier molecular flexibility index (Phi) is 10.7. The van der Waals surface area contributed by atoms with E-state index in [2.05, 4.69) is 10.6 Å². The van der Waals surface area contributed by atoms with Gasteiger partial charge in [0.1, 0.15) is 17.1 Å². The molecule has 0 aliphatic carbocycles. The van der Waals surface area contributed by atoms with Gasteiger partial charge in [-0.3, -0.25) is 4.79 Å². The standard InChI is InChI=1S/C27H37ClN2O5/c1-18(25(31)29-15-11-7-8-12-16-30-26(32)35-27(2,3)4)17-21-22(28)24(34-6)20-14-10-9-13-19(20)23(21)33-5/h9-10,13-14,17H,7-8,11-12,15-16H2,1-6H3,(H,29,31)(H,30,32)/b18-17-. The van der Waals surface area contributed by atoms with Gasteiger partial charge >= 0.3 is 6.09 Å². The van der Waals surface area contributed by atoms with Crippen LogP contribution in [-0.2, 0) is 9.53 Å². The average Bonchev–Trinajstić information content (AvgIpc) is 2.80. The lowest BCUT2D eigenvalue weighted by atomic mass is 10.0. The van der Waals surface area contributed by atoms with Crippen molar-refractivity contribution in [3.63, 3.8) is 0 Å². The van der Waals surface area contributed by atoms with Crippen LogP contribution in [0.4, 0.5) is 4.79 Å². The quantitative estimate of drug-likeness (QED) is 0.284. The molecule has 8 heteroatoms. The maximum atomic E-state index is 12.6. The topological polar surface area (TPSA) is 85.9 Å². The molecule has 0 bridgehead atoms. The Labute approximate surface area is 213 Å². The number of hydrogen-bond donors (Lipinski definition) is 2. The zero-order valence-electron chi connectivity index (χ0n) is 21.5. The molecule has 0 aliphatic rings. The van der Waals surface area contributed by atoms with Crippen molar-refractivity contribution in [3.05, 3.63) is 40.4 Å². The van der Waals surface area contributed by atoms with Crippen LogP contribution in [0, 0.1) is 0 Å². The third kappa shape index (κ3) is 8.35. The first kappa shape index (κ1) is 28.3. The van der Waals surface area contributed by atoms with Crippen LogP contribution in [0.3, 0.4) is 0 Å². The maximum absolute atomic E-state index is 12.6. The molecule has 0 atom stereocenters. The summed E-state index contributed by atoms with van der Waals surface area (Å²) in [6.45, 7) is 8.38. The third-order valence-corrected chi connectivity index (χ3v) is 5.66. The van der Waals surface area contributed by atoms with Crippen molar-refractivity contribution in [2.75, 3.05) is 27.3 Å². The van der Waals surface area contributed by atoms with Crippen LogP contribution in [0.1, 0.15) is 58.9 Å². The summed E-state index contributed by atoms with van der Waals surface area (Å²) in [6.07, 6.45) is 4.93. The predicted octanol–water partition coefficient (Wildman–Crippen LogP) is 6.12. The van der Waals surface area contributed by atoms with Crippen molar-refractivity contribution in [1.29, 1.82) is 0 Å². The Morgan fingerprint density at radius 1 is 0.914 bits per heavy atom. The molecular weight excluding hydrogens is 468 g/mol. The summed E-state index contributed by atoms with van der Waals surface area (Å²) in [7, 11) is 3.15. The van der Waals surface area contributed by atoms with E-state index >= 15 is 0 Å². The Balaban J connectivity index is 1.88. The summed E-state index contributed by atoms with van der Waals surface area (Å²) in [5.41, 5.74) is 0.630. The van der Waals surface area contributed by atoms with E-state index in [-0.39, 0.29) is 5.91 Å². The summed E-state index contributed by atoms with van der Waals surface area (Å²) >= 11 is 6.64. The Hall–Kier alpha value is -2.93. The van der Waals surface area contributed by atoms with Gasteiger partial charge in [0.2, 0.25) is 5.91 Å². The molecule has 2 rings (SSSR count). The molecule has 2 aromatic carbocycles. The number of amides is 2. The summed E-state index contributed by atoms with van der Waals surface area (Å²) < 4.78 is 16.4. The molecule has 0 fully saturated rings. The summed E-state index contributed by atoms with van der Waals surface area (Å²) in [6, 6.07) is 7.68. The molecule has 192 valence electrons. The van der Waals surface area contributed by atoms with Crippen molar-refractivity contribution in [1.82, 2.24) is 10.6 Å². The first-order valence-electron chi connectivity index (χ1n) is 11.8. The zero-order valence-corrected chi connectivity index (χ0v) is 22.3. The largest absolute Gasteiger partial charge is 0.495 e. The first-order valence-corrected chi connectivity index (χ1v) is 12.2. The van der Waals surface area contributed by atoms with Crippen LogP contribution < -0.4 is 20.1 Å². The lowest BCUT2D eigenvalue weighted by Crippen LogP contribution is -2.33. The van der Waals surface area contributed by atoms with E-state index in [1.807, 2.05) is 45.0 Å². The fraction of sp³-hybridized carbons (Fsp3) is 0.481. The number of carbonyl (C=O) groups is 2. The van der Waals surface area contributed by atoms with Gasteiger partial charge in [0.05, 0.1) is 19.2 Å². The summed E-state index contributed by atoms with van der Waals surface area (Å²) in [5, 5.41) is 7.80. The van der Waals surface area contributed by atoms with E-state index in [0.717, 1.165) is 36.5 Å². The molecule has 0 spiro atoms. The van der Waals surface area contributed by atoms with E-state index in [1.54, 1.807) is 27.2 Å². The minimum absolute atomic E-state index is 0.165. The zero-order chi connectivity index (χ0) is 26.0.